The molecule has 4 nitrogen and oxygen atoms in total. The van der Waals surface area contributed by atoms with Gasteiger partial charge in [0.1, 0.15) is 0 Å². The SMILES string of the molecule is Cn1cc(C(=O)N(Cc2ccc(Cl)c(Cl)c2)C2CC2)cn1. The van der Waals surface area contributed by atoms with Crippen molar-refractivity contribution in [1.82, 2.24) is 14.7 Å². The lowest BCUT2D eigenvalue weighted by molar-refractivity contribution is 0.0730. The van der Waals surface area contributed by atoms with Crippen molar-refractivity contribution < 1.29 is 4.79 Å². The minimum absolute atomic E-state index is 0.0108. The Morgan fingerprint density at radius 2 is 2.14 bits per heavy atom. The maximum absolute atomic E-state index is 12.6. The van der Waals surface area contributed by atoms with Crippen molar-refractivity contribution in [2.45, 2.75) is 25.4 Å². The van der Waals surface area contributed by atoms with E-state index < -0.39 is 0 Å². The number of benzene rings is 1. The van der Waals surface area contributed by atoms with Crippen LogP contribution in [0, 0.1) is 0 Å². The molecule has 6 heteroatoms. The first-order valence-electron chi connectivity index (χ1n) is 6.78. The van der Waals surface area contributed by atoms with E-state index in [0.717, 1.165) is 18.4 Å². The Morgan fingerprint density at radius 1 is 1.38 bits per heavy atom. The Morgan fingerprint density at radius 3 is 2.71 bits per heavy atom. The molecule has 0 bridgehead atoms. The second-order valence-electron chi connectivity index (χ2n) is 5.32. The molecular formula is C15H15Cl2N3O. The molecule has 1 aromatic heterocycles. The number of hydrogen-bond acceptors (Lipinski definition) is 2. The Bertz CT molecular complexity index is 679. The van der Waals surface area contributed by atoms with Gasteiger partial charge in [0.25, 0.3) is 5.91 Å². The van der Waals surface area contributed by atoms with Gasteiger partial charge in [0.2, 0.25) is 0 Å². The van der Waals surface area contributed by atoms with Gasteiger partial charge < -0.3 is 4.90 Å². The second-order valence-corrected chi connectivity index (χ2v) is 6.13. The van der Waals surface area contributed by atoms with Crippen LogP contribution < -0.4 is 0 Å². The van der Waals surface area contributed by atoms with Crippen LogP contribution in [0.2, 0.25) is 10.0 Å². The van der Waals surface area contributed by atoms with Crippen LogP contribution in [0.3, 0.4) is 0 Å². The summed E-state index contributed by atoms with van der Waals surface area (Å²) in [5, 5.41) is 5.10. The number of aryl methyl sites for hydroxylation is 1. The number of carbonyl (C=O) groups excluding carboxylic acids is 1. The molecule has 1 amide bonds. The van der Waals surface area contributed by atoms with Gasteiger partial charge in [-0.05, 0) is 30.5 Å². The maximum atomic E-state index is 12.6. The van der Waals surface area contributed by atoms with Gasteiger partial charge in [-0.3, -0.25) is 9.48 Å². The first-order valence-corrected chi connectivity index (χ1v) is 7.54. The molecule has 21 heavy (non-hydrogen) atoms. The van der Waals surface area contributed by atoms with E-state index in [1.807, 2.05) is 17.0 Å². The van der Waals surface area contributed by atoms with E-state index in [9.17, 15) is 4.79 Å². The van der Waals surface area contributed by atoms with E-state index in [-0.39, 0.29) is 5.91 Å². The third-order valence-corrected chi connectivity index (χ3v) is 4.28. The van der Waals surface area contributed by atoms with Crippen molar-refractivity contribution in [1.29, 1.82) is 0 Å². The zero-order valence-corrected chi connectivity index (χ0v) is 13.1. The molecule has 2 aromatic rings. The summed E-state index contributed by atoms with van der Waals surface area (Å²) in [7, 11) is 1.80. The average molecular weight is 324 g/mol. The van der Waals surface area contributed by atoms with Crippen LogP contribution >= 0.6 is 23.2 Å². The summed E-state index contributed by atoms with van der Waals surface area (Å²) in [6.45, 7) is 0.537. The first-order chi connectivity index (χ1) is 10.0. The fraction of sp³-hybridized carbons (Fsp3) is 0.333. The lowest BCUT2D eigenvalue weighted by atomic mass is 10.2. The van der Waals surface area contributed by atoms with E-state index in [1.54, 1.807) is 30.2 Å². The predicted molar refractivity (Wildman–Crippen MR) is 82.6 cm³/mol. The van der Waals surface area contributed by atoms with Crippen molar-refractivity contribution in [2.75, 3.05) is 0 Å². The van der Waals surface area contributed by atoms with Crippen molar-refractivity contribution in [3.63, 3.8) is 0 Å². The second kappa shape index (κ2) is 5.70. The van der Waals surface area contributed by atoms with Crippen LogP contribution in [0.25, 0.3) is 0 Å². The zero-order chi connectivity index (χ0) is 15.0. The van der Waals surface area contributed by atoms with Gasteiger partial charge in [-0.2, -0.15) is 5.10 Å². The van der Waals surface area contributed by atoms with E-state index in [0.29, 0.717) is 28.2 Å². The van der Waals surface area contributed by atoms with Crippen LogP contribution in [0.15, 0.2) is 30.6 Å². The smallest absolute Gasteiger partial charge is 0.257 e. The van der Waals surface area contributed by atoms with Gasteiger partial charge in [-0.25, -0.2) is 0 Å². The molecule has 1 fully saturated rings. The number of rotatable bonds is 4. The summed E-state index contributed by atoms with van der Waals surface area (Å²) in [6.07, 6.45) is 5.44. The lowest BCUT2D eigenvalue weighted by Crippen LogP contribution is -2.32. The van der Waals surface area contributed by atoms with Gasteiger partial charge in [0, 0.05) is 25.8 Å². The summed E-state index contributed by atoms with van der Waals surface area (Å²) in [6, 6.07) is 5.79. The summed E-state index contributed by atoms with van der Waals surface area (Å²) >= 11 is 12.0. The van der Waals surface area contributed by atoms with E-state index in [1.165, 1.54) is 0 Å². The minimum Gasteiger partial charge on any atom is -0.331 e. The standard InChI is InChI=1S/C15H15Cl2N3O/c1-19-9-11(7-18-19)15(21)20(12-3-4-12)8-10-2-5-13(16)14(17)6-10/h2,5-7,9,12H,3-4,8H2,1H3. The molecule has 0 spiro atoms. The number of nitrogens with zero attached hydrogens (tertiary/aromatic N) is 3. The van der Waals surface area contributed by atoms with Gasteiger partial charge >= 0.3 is 0 Å². The number of amides is 1. The molecular weight excluding hydrogens is 309 g/mol. The summed E-state index contributed by atoms with van der Waals surface area (Å²) < 4.78 is 1.64. The molecule has 1 heterocycles. The van der Waals surface area contributed by atoms with Crippen molar-refractivity contribution in [3.8, 4) is 0 Å². The Hall–Kier alpha value is -1.52. The molecule has 1 aliphatic carbocycles. The van der Waals surface area contributed by atoms with Gasteiger partial charge in [0.05, 0.1) is 21.8 Å². The van der Waals surface area contributed by atoms with Gasteiger partial charge in [0.15, 0.2) is 0 Å². The van der Waals surface area contributed by atoms with Crippen LogP contribution in [-0.4, -0.2) is 26.6 Å². The summed E-state index contributed by atoms with van der Waals surface area (Å²) in [5.41, 5.74) is 1.60. The first kappa shape index (κ1) is 14.4. The molecule has 0 saturated heterocycles. The molecule has 1 saturated carbocycles. The van der Waals surface area contributed by atoms with Crippen LogP contribution in [0.1, 0.15) is 28.8 Å². The van der Waals surface area contributed by atoms with Crippen LogP contribution in [0.4, 0.5) is 0 Å². The number of halogens is 2. The highest BCUT2D eigenvalue weighted by Gasteiger charge is 2.33. The average Bonchev–Trinajstić information content (AvgIpc) is 3.20. The lowest BCUT2D eigenvalue weighted by Gasteiger charge is -2.22. The van der Waals surface area contributed by atoms with E-state index in [4.69, 9.17) is 23.2 Å². The topological polar surface area (TPSA) is 38.1 Å². The third kappa shape index (κ3) is 3.22. The molecule has 1 aliphatic rings. The fourth-order valence-electron chi connectivity index (χ4n) is 2.29. The Labute approximate surface area is 133 Å². The molecule has 0 radical (unpaired) electrons. The van der Waals surface area contributed by atoms with Crippen molar-refractivity contribution >= 4 is 29.1 Å². The highest BCUT2D eigenvalue weighted by molar-refractivity contribution is 6.42. The molecule has 110 valence electrons. The highest BCUT2D eigenvalue weighted by atomic mass is 35.5. The largest absolute Gasteiger partial charge is 0.331 e. The van der Waals surface area contributed by atoms with Crippen molar-refractivity contribution in [2.24, 2.45) is 7.05 Å². The third-order valence-electron chi connectivity index (χ3n) is 3.54. The molecule has 0 N–H and O–H groups in total. The molecule has 0 aliphatic heterocycles. The Balaban J connectivity index is 1.81. The monoisotopic (exact) mass is 323 g/mol. The Kier molecular flexibility index (Phi) is 3.91. The zero-order valence-electron chi connectivity index (χ0n) is 11.6. The predicted octanol–water partition coefficient (Wildman–Crippen LogP) is 3.53. The molecule has 3 rings (SSSR count). The number of hydrogen-bond donors (Lipinski definition) is 0. The normalized spacial score (nSPS) is 14.2. The number of carbonyl (C=O) groups is 1. The van der Waals surface area contributed by atoms with Gasteiger partial charge in [-0.1, -0.05) is 29.3 Å². The maximum Gasteiger partial charge on any atom is 0.257 e. The summed E-state index contributed by atoms with van der Waals surface area (Å²) in [4.78, 5) is 14.5. The van der Waals surface area contributed by atoms with Crippen LogP contribution in [0.5, 0.6) is 0 Å². The van der Waals surface area contributed by atoms with Gasteiger partial charge in [-0.15, -0.1) is 0 Å². The van der Waals surface area contributed by atoms with E-state index >= 15 is 0 Å². The van der Waals surface area contributed by atoms with E-state index in [2.05, 4.69) is 5.10 Å². The van der Waals surface area contributed by atoms with Crippen molar-refractivity contribution in [3.05, 3.63) is 51.8 Å². The molecule has 0 unspecified atom stereocenters. The summed E-state index contributed by atoms with van der Waals surface area (Å²) in [5.74, 6) is 0.0108. The quantitative estimate of drug-likeness (QED) is 0.863. The minimum atomic E-state index is 0.0108. The molecule has 0 atom stereocenters. The molecule has 1 aromatic carbocycles. The fourth-order valence-corrected chi connectivity index (χ4v) is 2.61. The van der Waals surface area contributed by atoms with Crippen LogP contribution in [-0.2, 0) is 13.6 Å². The highest BCUT2D eigenvalue weighted by Crippen LogP contribution is 2.31. The number of aromatic nitrogens is 2.